The first-order valence-electron chi connectivity index (χ1n) is 6.75. The maximum atomic E-state index is 11.1. The molecule has 1 fully saturated rings. The molecule has 98 valence electrons. The molecule has 3 N–H and O–H groups in total. The molecular formula is C15H22N2O. The van der Waals surface area contributed by atoms with Gasteiger partial charge in [0.25, 0.3) is 0 Å². The summed E-state index contributed by atoms with van der Waals surface area (Å²) in [5, 5.41) is 3.57. The van der Waals surface area contributed by atoms with Crippen LogP contribution < -0.4 is 11.1 Å². The van der Waals surface area contributed by atoms with E-state index < -0.39 is 0 Å². The number of hydrogen-bond donors (Lipinski definition) is 2. The van der Waals surface area contributed by atoms with Crippen molar-refractivity contribution in [3.8, 4) is 0 Å². The molecule has 0 aromatic heterocycles. The van der Waals surface area contributed by atoms with Crippen molar-refractivity contribution in [1.29, 1.82) is 0 Å². The third-order valence-electron chi connectivity index (χ3n) is 4.00. The monoisotopic (exact) mass is 246 g/mol. The second kappa shape index (κ2) is 5.42. The molecule has 0 spiro atoms. The van der Waals surface area contributed by atoms with Gasteiger partial charge in [0.1, 0.15) is 0 Å². The van der Waals surface area contributed by atoms with Crippen LogP contribution in [0.5, 0.6) is 0 Å². The number of anilines is 1. The molecular weight excluding hydrogens is 224 g/mol. The number of nitrogens with two attached hydrogens (primary N) is 1. The molecule has 0 saturated heterocycles. The van der Waals surface area contributed by atoms with Crippen LogP contribution in [0.25, 0.3) is 0 Å². The van der Waals surface area contributed by atoms with Crippen molar-refractivity contribution in [1.82, 2.24) is 0 Å². The molecule has 2 rings (SSSR count). The molecule has 1 aromatic carbocycles. The number of nitrogens with one attached hydrogen (secondary N) is 1. The zero-order valence-electron chi connectivity index (χ0n) is 11.2. The van der Waals surface area contributed by atoms with E-state index in [1.54, 1.807) is 6.07 Å². The molecule has 3 nitrogen and oxygen atoms in total. The zero-order valence-corrected chi connectivity index (χ0v) is 11.2. The molecule has 1 atom stereocenters. The summed E-state index contributed by atoms with van der Waals surface area (Å²) in [6.07, 6.45) is 5.37. The highest BCUT2D eigenvalue weighted by Crippen LogP contribution is 2.30. The third kappa shape index (κ3) is 2.84. The first kappa shape index (κ1) is 12.9. The predicted octanol–water partition coefficient (Wildman–Crippen LogP) is 3.08. The summed E-state index contributed by atoms with van der Waals surface area (Å²) < 4.78 is 0. The molecule has 0 aliphatic heterocycles. The quantitative estimate of drug-likeness (QED) is 0.857. The normalized spacial score (nSPS) is 17.7. The van der Waals surface area contributed by atoms with E-state index in [1.165, 1.54) is 25.7 Å². The molecule has 3 heteroatoms. The predicted molar refractivity (Wildman–Crippen MR) is 74.7 cm³/mol. The lowest BCUT2D eigenvalue weighted by Crippen LogP contribution is -2.24. The fourth-order valence-corrected chi connectivity index (χ4v) is 2.80. The second-order valence-corrected chi connectivity index (χ2v) is 5.37. The van der Waals surface area contributed by atoms with E-state index in [1.807, 2.05) is 19.1 Å². The van der Waals surface area contributed by atoms with E-state index in [2.05, 4.69) is 12.2 Å². The average Bonchev–Trinajstić information content (AvgIpc) is 2.85. The Kier molecular flexibility index (Phi) is 3.90. The minimum absolute atomic E-state index is 0.367. The van der Waals surface area contributed by atoms with E-state index >= 15 is 0 Å². The van der Waals surface area contributed by atoms with Crippen LogP contribution in [0.2, 0.25) is 0 Å². The van der Waals surface area contributed by atoms with Crippen molar-refractivity contribution < 1.29 is 4.79 Å². The van der Waals surface area contributed by atoms with Gasteiger partial charge in [0.05, 0.1) is 0 Å². The Balaban J connectivity index is 2.06. The van der Waals surface area contributed by atoms with E-state index in [0.717, 1.165) is 17.2 Å². The Hall–Kier alpha value is -1.51. The Bertz CT molecular complexity index is 436. The largest absolute Gasteiger partial charge is 0.382 e. The van der Waals surface area contributed by atoms with Crippen LogP contribution in [0.1, 0.15) is 48.5 Å². The summed E-state index contributed by atoms with van der Waals surface area (Å²) in [6.45, 7) is 4.26. The lowest BCUT2D eigenvalue weighted by Gasteiger charge is -2.22. The number of rotatable bonds is 4. The standard InChI is InChI=1S/C15H22N2O/c1-10-9-13(15(16)18)7-8-14(10)17-11(2)12-5-3-4-6-12/h7-9,11-12,17H,3-6H2,1-2H3,(H2,16,18). The maximum absolute atomic E-state index is 11.1. The fourth-order valence-electron chi connectivity index (χ4n) is 2.80. The molecule has 0 heterocycles. The van der Waals surface area contributed by atoms with Crippen LogP contribution in [0.3, 0.4) is 0 Å². The summed E-state index contributed by atoms with van der Waals surface area (Å²) in [4.78, 5) is 11.1. The average molecular weight is 246 g/mol. The fraction of sp³-hybridized carbons (Fsp3) is 0.533. The van der Waals surface area contributed by atoms with E-state index in [9.17, 15) is 4.79 Å². The van der Waals surface area contributed by atoms with Crippen molar-refractivity contribution in [2.75, 3.05) is 5.32 Å². The van der Waals surface area contributed by atoms with Crippen LogP contribution >= 0.6 is 0 Å². The number of carbonyl (C=O) groups is 1. The van der Waals surface area contributed by atoms with Crippen molar-refractivity contribution in [2.45, 2.75) is 45.6 Å². The van der Waals surface area contributed by atoms with Crippen LogP contribution in [0, 0.1) is 12.8 Å². The van der Waals surface area contributed by atoms with Gasteiger partial charge >= 0.3 is 0 Å². The molecule has 1 amide bonds. The van der Waals surface area contributed by atoms with Crippen LogP contribution in [0.4, 0.5) is 5.69 Å². The van der Waals surface area contributed by atoms with Gasteiger partial charge < -0.3 is 11.1 Å². The van der Waals surface area contributed by atoms with Gasteiger partial charge in [-0.05, 0) is 56.4 Å². The summed E-state index contributed by atoms with van der Waals surface area (Å²) in [5.74, 6) is 0.411. The van der Waals surface area contributed by atoms with Crippen molar-refractivity contribution in [3.63, 3.8) is 0 Å². The molecule has 1 saturated carbocycles. The number of amides is 1. The number of hydrogen-bond acceptors (Lipinski definition) is 2. The van der Waals surface area contributed by atoms with Crippen molar-refractivity contribution >= 4 is 11.6 Å². The summed E-state index contributed by atoms with van der Waals surface area (Å²) >= 11 is 0. The Labute approximate surface area is 109 Å². The van der Waals surface area contributed by atoms with Gasteiger partial charge in [0, 0.05) is 17.3 Å². The molecule has 1 aromatic rings. The minimum Gasteiger partial charge on any atom is -0.382 e. The summed E-state index contributed by atoms with van der Waals surface area (Å²) in [6, 6.07) is 6.09. The van der Waals surface area contributed by atoms with Crippen LogP contribution in [-0.2, 0) is 0 Å². The third-order valence-corrected chi connectivity index (χ3v) is 4.00. The number of benzene rings is 1. The molecule has 0 radical (unpaired) electrons. The van der Waals surface area contributed by atoms with E-state index in [4.69, 9.17) is 5.73 Å². The van der Waals surface area contributed by atoms with Gasteiger partial charge in [0.15, 0.2) is 0 Å². The molecule has 1 unspecified atom stereocenters. The van der Waals surface area contributed by atoms with Gasteiger partial charge in [-0.3, -0.25) is 4.79 Å². The lowest BCUT2D eigenvalue weighted by molar-refractivity contribution is 0.1000. The highest BCUT2D eigenvalue weighted by atomic mass is 16.1. The first-order valence-corrected chi connectivity index (χ1v) is 6.75. The highest BCUT2D eigenvalue weighted by Gasteiger charge is 2.21. The van der Waals surface area contributed by atoms with E-state index in [-0.39, 0.29) is 5.91 Å². The minimum atomic E-state index is -0.367. The Morgan fingerprint density at radius 1 is 1.39 bits per heavy atom. The highest BCUT2D eigenvalue weighted by molar-refractivity contribution is 5.93. The smallest absolute Gasteiger partial charge is 0.248 e. The number of carbonyl (C=O) groups excluding carboxylic acids is 1. The van der Waals surface area contributed by atoms with Gasteiger partial charge in [-0.15, -0.1) is 0 Å². The van der Waals surface area contributed by atoms with E-state index in [0.29, 0.717) is 11.6 Å². The maximum Gasteiger partial charge on any atom is 0.248 e. The summed E-state index contributed by atoms with van der Waals surface area (Å²) in [7, 11) is 0. The van der Waals surface area contributed by atoms with Gasteiger partial charge in [-0.1, -0.05) is 12.8 Å². The van der Waals surface area contributed by atoms with Crippen LogP contribution in [-0.4, -0.2) is 11.9 Å². The number of primary amides is 1. The van der Waals surface area contributed by atoms with Gasteiger partial charge in [-0.2, -0.15) is 0 Å². The second-order valence-electron chi connectivity index (χ2n) is 5.37. The zero-order chi connectivity index (χ0) is 13.1. The summed E-state index contributed by atoms with van der Waals surface area (Å²) in [5.41, 5.74) is 8.04. The number of aryl methyl sites for hydroxylation is 1. The molecule has 1 aliphatic rings. The van der Waals surface area contributed by atoms with Crippen molar-refractivity contribution in [3.05, 3.63) is 29.3 Å². The van der Waals surface area contributed by atoms with Gasteiger partial charge in [0.2, 0.25) is 5.91 Å². The molecule has 18 heavy (non-hydrogen) atoms. The molecule has 0 bridgehead atoms. The first-order chi connectivity index (χ1) is 8.58. The Morgan fingerprint density at radius 2 is 2.06 bits per heavy atom. The molecule has 1 aliphatic carbocycles. The van der Waals surface area contributed by atoms with Crippen LogP contribution in [0.15, 0.2) is 18.2 Å². The SMILES string of the molecule is Cc1cc(C(N)=O)ccc1NC(C)C1CCCC1. The lowest BCUT2D eigenvalue weighted by atomic mass is 9.99. The topological polar surface area (TPSA) is 55.1 Å². The Morgan fingerprint density at radius 3 is 2.61 bits per heavy atom. The van der Waals surface area contributed by atoms with Crippen molar-refractivity contribution in [2.24, 2.45) is 11.7 Å². The van der Waals surface area contributed by atoms with Gasteiger partial charge in [-0.25, -0.2) is 0 Å².